The van der Waals surface area contributed by atoms with Crippen molar-refractivity contribution >= 4 is 50.9 Å². The van der Waals surface area contributed by atoms with E-state index in [1.165, 1.54) is 11.6 Å². The smallest absolute Gasteiger partial charge is 0.201 e. The van der Waals surface area contributed by atoms with Crippen LogP contribution in [0, 0.1) is 9.39 Å². The summed E-state index contributed by atoms with van der Waals surface area (Å²) in [6.45, 7) is 0.707. The van der Waals surface area contributed by atoms with E-state index in [2.05, 4.69) is 16.4 Å². The Kier molecular flexibility index (Phi) is 3.44. The van der Waals surface area contributed by atoms with Gasteiger partial charge in [-0.1, -0.05) is 0 Å². The van der Waals surface area contributed by atoms with Crippen LogP contribution in [0.1, 0.15) is 5.56 Å². The Hall–Kier alpha value is -1.15. The number of hydrogen-bond donors (Lipinski definition) is 1. The van der Waals surface area contributed by atoms with Crippen LogP contribution in [-0.2, 0) is 13.0 Å². The highest BCUT2D eigenvalue weighted by Gasteiger charge is 2.11. The number of aryl methyl sites for hydroxylation is 2. The quantitative estimate of drug-likeness (QED) is 0.698. The van der Waals surface area contributed by atoms with Crippen molar-refractivity contribution in [3.8, 4) is 0 Å². The van der Waals surface area contributed by atoms with Crippen molar-refractivity contribution in [2.24, 2.45) is 0 Å². The topological polar surface area (TPSA) is 43.8 Å². The molecule has 0 unspecified atom stereocenters. The summed E-state index contributed by atoms with van der Waals surface area (Å²) >= 11 is 3.63. The van der Waals surface area contributed by atoms with Gasteiger partial charge in [-0.3, -0.25) is 0 Å². The summed E-state index contributed by atoms with van der Waals surface area (Å²) in [4.78, 5) is 4.29. The van der Waals surface area contributed by atoms with Gasteiger partial charge in [0.15, 0.2) is 0 Å². The van der Waals surface area contributed by atoms with Gasteiger partial charge in [0.1, 0.15) is 5.82 Å². The van der Waals surface area contributed by atoms with Gasteiger partial charge in [-0.25, -0.2) is 9.37 Å². The Balaban J connectivity index is 1.98. The molecule has 0 fully saturated rings. The lowest BCUT2D eigenvalue weighted by molar-refractivity contribution is 0.620. The van der Waals surface area contributed by atoms with Gasteiger partial charge in [-0.15, -0.1) is 0 Å². The molecule has 0 aliphatic carbocycles. The molecule has 0 saturated heterocycles. The van der Waals surface area contributed by atoms with E-state index in [9.17, 15) is 4.39 Å². The molecule has 3 aromatic rings. The molecule has 3 nitrogen and oxygen atoms in total. The zero-order chi connectivity index (χ0) is 13.4. The number of rotatable bonds is 3. The monoisotopic (exact) mass is 387 g/mol. The number of aromatic nitrogens is 2. The van der Waals surface area contributed by atoms with Crippen molar-refractivity contribution in [2.75, 3.05) is 5.73 Å². The first-order valence-corrected chi connectivity index (χ1v) is 7.79. The van der Waals surface area contributed by atoms with Gasteiger partial charge >= 0.3 is 0 Å². The number of imidazole rings is 1. The predicted molar refractivity (Wildman–Crippen MR) is 84.8 cm³/mol. The van der Waals surface area contributed by atoms with Crippen LogP contribution in [0.15, 0.2) is 29.0 Å². The summed E-state index contributed by atoms with van der Waals surface area (Å²) in [6.07, 6.45) is 0.868. The summed E-state index contributed by atoms with van der Waals surface area (Å²) in [5.74, 6) is 0.205. The Morgan fingerprint density at radius 2 is 2.26 bits per heavy atom. The highest BCUT2D eigenvalue weighted by atomic mass is 127. The molecule has 2 heterocycles. The molecule has 1 aromatic carbocycles. The van der Waals surface area contributed by atoms with Crippen molar-refractivity contribution in [1.82, 2.24) is 9.55 Å². The predicted octanol–water partition coefficient (Wildman–Crippen LogP) is 3.67. The van der Waals surface area contributed by atoms with E-state index in [4.69, 9.17) is 5.73 Å². The summed E-state index contributed by atoms with van der Waals surface area (Å²) in [5, 5.41) is 4.16. The second-order valence-electron chi connectivity index (χ2n) is 4.26. The van der Waals surface area contributed by atoms with Crippen LogP contribution in [0.2, 0.25) is 0 Å². The van der Waals surface area contributed by atoms with Gasteiger partial charge < -0.3 is 10.3 Å². The largest absolute Gasteiger partial charge is 0.369 e. The zero-order valence-corrected chi connectivity index (χ0v) is 12.9. The minimum absolute atomic E-state index is 0.232. The number of hydrogen-bond acceptors (Lipinski definition) is 3. The number of benzene rings is 1. The van der Waals surface area contributed by atoms with E-state index in [1.54, 1.807) is 17.4 Å². The summed E-state index contributed by atoms with van der Waals surface area (Å²) in [6, 6.07) is 5.32. The molecular weight excluding hydrogens is 376 g/mol. The van der Waals surface area contributed by atoms with Crippen LogP contribution in [0.3, 0.4) is 0 Å². The minimum Gasteiger partial charge on any atom is -0.369 e. The molecule has 0 aliphatic heterocycles. The van der Waals surface area contributed by atoms with Gasteiger partial charge in [0, 0.05) is 12.6 Å². The second-order valence-corrected chi connectivity index (χ2v) is 6.20. The van der Waals surface area contributed by atoms with Gasteiger partial charge in [0.05, 0.1) is 14.6 Å². The van der Waals surface area contributed by atoms with E-state index in [-0.39, 0.29) is 5.82 Å². The first-order valence-electron chi connectivity index (χ1n) is 5.77. The van der Waals surface area contributed by atoms with E-state index in [1.807, 2.05) is 32.5 Å². The fourth-order valence-electron chi connectivity index (χ4n) is 2.05. The third-order valence-corrected chi connectivity index (χ3v) is 4.58. The van der Waals surface area contributed by atoms with Gasteiger partial charge in [0.25, 0.3) is 0 Å². The lowest BCUT2D eigenvalue weighted by Gasteiger charge is -2.05. The highest BCUT2D eigenvalue weighted by molar-refractivity contribution is 14.1. The fraction of sp³-hybridized carbons (Fsp3) is 0.154. The molecule has 2 N–H and O–H groups in total. The SMILES string of the molecule is Nc1nc2cc(I)c(F)cc2n1CCc1ccsc1. The third kappa shape index (κ3) is 2.46. The van der Waals surface area contributed by atoms with E-state index < -0.39 is 0 Å². The van der Waals surface area contributed by atoms with Crippen molar-refractivity contribution in [2.45, 2.75) is 13.0 Å². The second kappa shape index (κ2) is 5.09. The minimum atomic E-state index is -0.232. The average molecular weight is 387 g/mol. The van der Waals surface area contributed by atoms with E-state index in [0.717, 1.165) is 17.5 Å². The van der Waals surface area contributed by atoms with Crippen molar-refractivity contribution in [3.63, 3.8) is 0 Å². The number of thiophene rings is 1. The zero-order valence-electron chi connectivity index (χ0n) is 9.94. The number of halogens is 2. The molecule has 0 aliphatic rings. The van der Waals surface area contributed by atoms with Crippen LogP contribution >= 0.6 is 33.9 Å². The molecule has 0 atom stereocenters. The molecule has 0 spiro atoms. The molecule has 0 amide bonds. The summed E-state index contributed by atoms with van der Waals surface area (Å²) < 4.78 is 16.1. The Labute approximate surface area is 127 Å². The number of fused-ring (bicyclic) bond motifs is 1. The van der Waals surface area contributed by atoms with Crippen LogP contribution < -0.4 is 5.73 Å². The van der Waals surface area contributed by atoms with Crippen LogP contribution in [0.5, 0.6) is 0 Å². The van der Waals surface area contributed by atoms with Crippen LogP contribution in [0.4, 0.5) is 10.3 Å². The number of nitrogen functional groups attached to an aromatic ring is 1. The molecule has 19 heavy (non-hydrogen) atoms. The van der Waals surface area contributed by atoms with E-state index >= 15 is 0 Å². The molecule has 6 heteroatoms. The average Bonchev–Trinajstić information content (AvgIpc) is 2.96. The lowest BCUT2D eigenvalue weighted by Crippen LogP contribution is -2.05. The number of nitrogens with two attached hydrogens (primary N) is 1. The molecule has 98 valence electrons. The maximum absolute atomic E-state index is 13.7. The first-order chi connectivity index (χ1) is 9.15. The summed E-state index contributed by atoms with van der Waals surface area (Å²) in [7, 11) is 0. The number of anilines is 1. The Morgan fingerprint density at radius 3 is 3.00 bits per heavy atom. The molecule has 0 bridgehead atoms. The van der Waals surface area contributed by atoms with Crippen LogP contribution in [-0.4, -0.2) is 9.55 Å². The molecule has 0 saturated carbocycles. The van der Waals surface area contributed by atoms with Crippen molar-refractivity contribution in [3.05, 3.63) is 43.9 Å². The Morgan fingerprint density at radius 1 is 1.42 bits per heavy atom. The molecule has 0 radical (unpaired) electrons. The van der Waals surface area contributed by atoms with Gasteiger partial charge in [0.2, 0.25) is 5.95 Å². The van der Waals surface area contributed by atoms with Crippen molar-refractivity contribution < 1.29 is 4.39 Å². The van der Waals surface area contributed by atoms with Crippen molar-refractivity contribution in [1.29, 1.82) is 0 Å². The molecule has 2 aromatic heterocycles. The maximum Gasteiger partial charge on any atom is 0.201 e. The Bertz CT molecular complexity index is 721. The number of nitrogens with zero attached hydrogens (tertiary/aromatic N) is 2. The normalized spacial score (nSPS) is 11.3. The van der Waals surface area contributed by atoms with Gasteiger partial charge in [-0.05, 0) is 57.5 Å². The van der Waals surface area contributed by atoms with Crippen LogP contribution in [0.25, 0.3) is 11.0 Å². The molecular formula is C13H11FIN3S. The fourth-order valence-corrected chi connectivity index (χ4v) is 3.20. The first kappa shape index (κ1) is 12.9. The van der Waals surface area contributed by atoms with E-state index in [0.29, 0.717) is 16.1 Å². The molecule has 3 rings (SSSR count). The van der Waals surface area contributed by atoms with Gasteiger partial charge in [-0.2, -0.15) is 11.3 Å². The standard InChI is InChI=1S/C13H11FIN3S/c14-9-5-12-11(6-10(9)15)17-13(16)18(12)3-1-8-2-4-19-7-8/h2,4-7H,1,3H2,(H2,16,17). The lowest BCUT2D eigenvalue weighted by atomic mass is 10.2. The third-order valence-electron chi connectivity index (χ3n) is 3.02. The summed E-state index contributed by atoms with van der Waals surface area (Å²) in [5.41, 5.74) is 8.68. The highest BCUT2D eigenvalue weighted by Crippen LogP contribution is 2.23. The maximum atomic E-state index is 13.7.